The first-order valence-electron chi connectivity index (χ1n) is 7.29. The minimum atomic E-state index is -0.885. The molecule has 108 valence electrons. The van der Waals surface area contributed by atoms with Crippen LogP contribution in [0.1, 0.15) is 36.3 Å². The maximum Gasteiger partial charge on any atom is 0.223 e. The Morgan fingerprint density at radius 2 is 1.85 bits per heavy atom. The highest BCUT2D eigenvalue weighted by Crippen LogP contribution is 2.37. The van der Waals surface area contributed by atoms with Gasteiger partial charge in [0, 0.05) is 11.8 Å². The minimum absolute atomic E-state index is 0.0141. The fourth-order valence-corrected chi connectivity index (χ4v) is 2.99. The Kier molecular flexibility index (Phi) is 3.52. The Hall–Kier alpha value is -1.39. The molecule has 0 spiro atoms. The quantitative estimate of drug-likeness (QED) is 0.773. The summed E-state index contributed by atoms with van der Waals surface area (Å²) < 4.78 is 0. The molecule has 3 N–H and O–H groups in total. The molecule has 20 heavy (non-hydrogen) atoms. The predicted octanol–water partition coefficient (Wildman–Crippen LogP) is 1.10. The molecule has 2 aliphatic carbocycles. The van der Waals surface area contributed by atoms with Crippen LogP contribution in [0.2, 0.25) is 0 Å². The molecule has 2 aliphatic rings. The van der Waals surface area contributed by atoms with Gasteiger partial charge in [-0.15, -0.1) is 0 Å². The molecule has 0 unspecified atom stereocenters. The van der Waals surface area contributed by atoms with Gasteiger partial charge >= 0.3 is 0 Å². The third-order valence-corrected chi connectivity index (χ3v) is 4.45. The van der Waals surface area contributed by atoms with Gasteiger partial charge in [-0.25, -0.2) is 0 Å². The van der Waals surface area contributed by atoms with Gasteiger partial charge in [0.1, 0.15) is 6.10 Å². The molecule has 1 aromatic carbocycles. The smallest absolute Gasteiger partial charge is 0.223 e. The van der Waals surface area contributed by atoms with Gasteiger partial charge < -0.3 is 15.5 Å². The normalized spacial score (nSPS) is 33.1. The average molecular weight is 275 g/mol. The number of hydrogen-bond donors (Lipinski definition) is 3. The molecule has 0 saturated heterocycles. The van der Waals surface area contributed by atoms with Gasteiger partial charge in [-0.1, -0.05) is 29.8 Å². The molecular formula is C16H21NO3. The molecule has 2 saturated carbocycles. The van der Waals surface area contributed by atoms with Gasteiger partial charge in [-0.3, -0.25) is 4.79 Å². The summed E-state index contributed by atoms with van der Waals surface area (Å²) in [5.74, 6) is 0.0992. The van der Waals surface area contributed by atoms with Crippen molar-refractivity contribution in [2.75, 3.05) is 0 Å². The molecule has 4 heteroatoms. The van der Waals surface area contributed by atoms with E-state index in [9.17, 15) is 15.0 Å². The Morgan fingerprint density at radius 3 is 2.45 bits per heavy atom. The van der Waals surface area contributed by atoms with Crippen LogP contribution in [0, 0.1) is 12.8 Å². The molecule has 0 aromatic heterocycles. The van der Waals surface area contributed by atoms with Crippen LogP contribution < -0.4 is 5.32 Å². The first kappa shape index (κ1) is 13.6. The van der Waals surface area contributed by atoms with E-state index in [1.807, 2.05) is 31.2 Å². The summed E-state index contributed by atoms with van der Waals surface area (Å²) in [5.41, 5.74) is 2.23. The molecule has 4 nitrogen and oxygen atoms in total. The van der Waals surface area contributed by atoms with Crippen LogP contribution in [0.5, 0.6) is 0 Å². The van der Waals surface area contributed by atoms with Crippen LogP contribution in [-0.4, -0.2) is 34.4 Å². The summed E-state index contributed by atoms with van der Waals surface area (Å²) in [6, 6.07) is 7.68. The number of aryl methyl sites for hydroxylation is 1. The minimum Gasteiger partial charge on any atom is -0.390 e. The van der Waals surface area contributed by atoms with Gasteiger partial charge in [0.2, 0.25) is 5.91 Å². The topological polar surface area (TPSA) is 69.6 Å². The summed E-state index contributed by atoms with van der Waals surface area (Å²) in [5, 5.41) is 23.0. The fourth-order valence-electron chi connectivity index (χ4n) is 2.99. The van der Waals surface area contributed by atoms with Crippen molar-refractivity contribution in [2.45, 2.75) is 50.4 Å². The molecule has 0 aliphatic heterocycles. The number of benzene rings is 1. The highest BCUT2D eigenvalue weighted by Gasteiger charge is 2.44. The van der Waals surface area contributed by atoms with Crippen molar-refractivity contribution in [1.29, 1.82) is 0 Å². The van der Waals surface area contributed by atoms with Gasteiger partial charge in [-0.05, 0) is 31.7 Å². The average Bonchev–Trinajstić information content (AvgIpc) is 3.23. The second kappa shape index (κ2) is 5.19. The van der Waals surface area contributed by atoms with Crippen molar-refractivity contribution < 1.29 is 15.0 Å². The van der Waals surface area contributed by atoms with Crippen molar-refractivity contribution in [1.82, 2.24) is 5.32 Å². The fraction of sp³-hybridized carbons (Fsp3) is 0.562. The van der Waals surface area contributed by atoms with Gasteiger partial charge in [0.05, 0.1) is 12.1 Å². The molecule has 1 amide bonds. The van der Waals surface area contributed by atoms with E-state index < -0.39 is 12.2 Å². The van der Waals surface area contributed by atoms with E-state index in [-0.39, 0.29) is 23.8 Å². The summed E-state index contributed by atoms with van der Waals surface area (Å²) >= 11 is 0. The summed E-state index contributed by atoms with van der Waals surface area (Å²) in [7, 11) is 0. The summed E-state index contributed by atoms with van der Waals surface area (Å²) in [4.78, 5) is 11.9. The zero-order valence-electron chi connectivity index (χ0n) is 11.6. The van der Waals surface area contributed by atoms with Crippen LogP contribution in [0.25, 0.3) is 0 Å². The van der Waals surface area contributed by atoms with E-state index >= 15 is 0 Å². The number of rotatable bonds is 3. The first-order chi connectivity index (χ1) is 9.56. The number of amides is 1. The molecule has 0 bridgehead atoms. The molecule has 0 heterocycles. The maximum absolute atomic E-state index is 11.9. The van der Waals surface area contributed by atoms with E-state index in [2.05, 4.69) is 5.32 Å². The Labute approximate surface area is 118 Å². The lowest BCUT2D eigenvalue weighted by Gasteiger charge is -2.24. The van der Waals surface area contributed by atoms with E-state index in [4.69, 9.17) is 0 Å². The van der Waals surface area contributed by atoms with Crippen molar-refractivity contribution in [3.8, 4) is 0 Å². The number of nitrogens with one attached hydrogen (secondary N) is 1. The van der Waals surface area contributed by atoms with Gasteiger partial charge in [0.15, 0.2) is 0 Å². The molecular weight excluding hydrogens is 254 g/mol. The van der Waals surface area contributed by atoms with Crippen LogP contribution in [-0.2, 0) is 4.79 Å². The number of carbonyl (C=O) groups is 1. The highest BCUT2D eigenvalue weighted by molar-refractivity contribution is 5.81. The standard InChI is InChI=1S/C16H21NO3/c1-9-2-4-10(5-3-9)12-8-13(18)15(19)14(12)17-16(20)11-6-7-11/h2-5,11-15,18-19H,6-8H2,1H3,(H,17,20)/t12-,13-,14-,15-/m1/s1. The van der Waals surface area contributed by atoms with Crippen LogP contribution >= 0.6 is 0 Å². The lowest BCUT2D eigenvalue weighted by molar-refractivity contribution is -0.124. The summed E-state index contributed by atoms with van der Waals surface area (Å²) in [6.07, 6.45) is 0.702. The SMILES string of the molecule is Cc1ccc([C@H]2C[C@@H](O)[C@@H](O)[C@@H]2NC(=O)C2CC2)cc1. The molecule has 2 fully saturated rings. The third-order valence-electron chi connectivity index (χ3n) is 4.45. The second-order valence-corrected chi connectivity index (χ2v) is 6.12. The predicted molar refractivity (Wildman–Crippen MR) is 75.2 cm³/mol. The van der Waals surface area contributed by atoms with Crippen molar-refractivity contribution in [3.63, 3.8) is 0 Å². The first-order valence-corrected chi connectivity index (χ1v) is 7.29. The van der Waals surface area contributed by atoms with Crippen LogP contribution in [0.4, 0.5) is 0 Å². The zero-order chi connectivity index (χ0) is 14.3. The van der Waals surface area contributed by atoms with Crippen molar-refractivity contribution in [2.24, 2.45) is 5.92 Å². The number of aliphatic hydroxyl groups excluding tert-OH is 2. The van der Waals surface area contributed by atoms with Crippen molar-refractivity contribution >= 4 is 5.91 Å². The lowest BCUT2D eigenvalue weighted by atomic mass is 9.92. The zero-order valence-corrected chi connectivity index (χ0v) is 11.6. The Bertz CT molecular complexity index is 495. The number of aliphatic hydroxyl groups is 2. The Balaban J connectivity index is 1.79. The van der Waals surface area contributed by atoms with Gasteiger partial charge in [0.25, 0.3) is 0 Å². The van der Waals surface area contributed by atoms with Crippen molar-refractivity contribution in [3.05, 3.63) is 35.4 Å². The van der Waals surface area contributed by atoms with E-state index in [0.717, 1.165) is 18.4 Å². The number of hydrogen-bond acceptors (Lipinski definition) is 3. The molecule has 1 aromatic rings. The highest BCUT2D eigenvalue weighted by atomic mass is 16.3. The lowest BCUT2D eigenvalue weighted by Crippen LogP contribution is -2.45. The number of carbonyl (C=O) groups excluding carboxylic acids is 1. The van der Waals surface area contributed by atoms with Crippen LogP contribution in [0.3, 0.4) is 0 Å². The van der Waals surface area contributed by atoms with E-state index in [1.165, 1.54) is 5.56 Å². The largest absolute Gasteiger partial charge is 0.390 e. The third kappa shape index (κ3) is 2.58. The van der Waals surface area contributed by atoms with E-state index in [0.29, 0.717) is 6.42 Å². The monoisotopic (exact) mass is 275 g/mol. The Morgan fingerprint density at radius 1 is 1.20 bits per heavy atom. The molecule has 4 atom stereocenters. The van der Waals surface area contributed by atoms with E-state index in [1.54, 1.807) is 0 Å². The summed E-state index contributed by atoms with van der Waals surface area (Å²) in [6.45, 7) is 2.02. The maximum atomic E-state index is 11.9. The van der Waals surface area contributed by atoms with Crippen LogP contribution in [0.15, 0.2) is 24.3 Å². The second-order valence-electron chi connectivity index (χ2n) is 6.12. The van der Waals surface area contributed by atoms with Gasteiger partial charge in [-0.2, -0.15) is 0 Å². The molecule has 0 radical (unpaired) electrons. The molecule has 3 rings (SSSR count).